The van der Waals surface area contributed by atoms with Crippen molar-refractivity contribution in [3.63, 3.8) is 0 Å². The van der Waals surface area contributed by atoms with Gasteiger partial charge in [-0.1, -0.05) is 47.8 Å². The van der Waals surface area contributed by atoms with Gasteiger partial charge in [0.15, 0.2) is 4.93 Å². The summed E-state index contributed by atoms with van der Waals surface area (Å²) < 4.78 is 5.84. The minimum absolute atomic E-state index is 0.395. The van der Waals surface area contributed by atoms with Crippen molar-refractivity contribution in [2.45, 2.75) is 26.8 Å². The van der Waals surface area contributed by atoms with E-state index in [0.717, 1.165) is 15.4 Å². The molecule has 3 aromatic rings. The van der Waals surface area contributed by atoms with Gasteiger partial charge in [-0.15, -0.1) is 0 Å². The molecule has 0 spiro atoms. The summed E-state index contributed by atoms with van der Waals surface area (Å²) in [7, 11) is 0. The number of fused-ring (bicyclic) bond motifs is 1. The Morgan fingerprint density at radius 1 is 1.12 bits per heavy atom. The molecule has 2 atom stereocenters. The Hall–Kier alpha value is -1.99. The monoisotopic (exact) mass is 383 g/mol. The van der Waals surface area contributed by atoms with Gasteiger partial charge in [0.25, 0.3) is 0 Å². The summed E-state index contributed by atoms with van der Waals surface area (Å²) in [5, 5.41) is 21.7. The van der Waals surface area contributed by atoms with Gasteiger partial charge in [-0.25, -0.2) is 0 Å². The number of rotatable bonds is 5. The van der Waals surface area contributed by atoms with Gasteiger partial charge >= 0.3 is 0 Å². The Bertz CT molecular complexity index is 892. The zero-order chi connectivity index (χ0) is 18.0. The van der Waals surface area contributed by atoms with Gasteiger partial charge in [-0.2, -0.15) is 0 Å². The molecule has 1 aliphatic rings. The van der Waals surface area contributed by atoms with Crippen molar-refractivity contribution < 1.29 is 14.9 Å². The molecule has 2 unspecified atom stereocenters. The molecule has 0 amide bonds. The van der Waals surface area contributed by atoms with E-state index < -0.39 is 10.4 Å². The summed E-state index contributed by atoms with van der Waals surface area (Å²) >= 11 is 2.51. The summed E-state index contributed by atoms with van der Waals surface area (Å²) in [4.78, 5) is 4.40. The molecule has 2 aromatic carbocycles. The lowest BCUT2D eigenvalue weighted by atomic mass is 10.1. The molecule has 0 saturated carbocycles. The van der Waals surface area contributed by atoms with Crippen LogP contribution in [0.15, 0.2) is 82.8 Å². The number of thioether (sulfide) groups is 2. The third-order valence-electron chi connectivity index (χ3n) is 4.06. The predicted octanol–water partition coefficient (Wildman–Crippen LogP) is 4.02. The Balaban J connectivity index is 1.58. The predicted molar refractivity (Wildman–Crippen MR) is 103 cm³/mol. The number of aromatic nitrogens is 1. The SMILES string of the molecule is OC1Sc2ccc(OCc3cccnc3)cc2C1(O)Sc1ccccc1. The van der Waals surface area contributed by atoms with E-state index in [1.54, 1.807) is 12.4 Å². The first-order valence-electron chi connectivity index (χ1n) is 8.12. The van der Waals surface area contributed by atoms with E-state index in [1.807, 2.05) is 60.7 Å². The number of pyridine rings is 1. The highest BCUT2D eigenvalue weighted by Crippen LogP contribution is 2.55. The van der Waals surface area contributed by atoms with Crippen LogP contribution in [0.25, 0.3) is 0 Å². The molecular weight excluding hydrogens is 366 g/mol. The highest BCUT2D eigenvalue weighted by Gasteiger charge is 2.47. The molecule has 0 bridgehead atoms. The van der Waals surface area contributed by atoms with E-state index >= 15 is 0 Å². The fraction of sp³-hybridized carbons (Fsp3) is 0.150. The van der Waals surface area contributed by atoms with Gasteiger partial charge in [-0.3, -0.25) is 4.98 Å². The largest absolute Gasteiger partial charge is 0.489 e. The molecule has 0 fully saturated rings. The average molecular weight is 383 g/mol. The average Bonchev–Trinajstić information content (AvgIpc) is 2.92. The molecule has 0 aliphatic carbocycles. The quantitative estimate of drug-likeness (QED) is 0.649. The lowest BCUT2D eigenvalue weighted by Crippen LogP contribution is -2.29. The molecule has 26 heavy (non-hydrogen) atoms. The molecule has 2 N–H and O–H groups in total. The second kappa shape index (κ2) is 7.32. The topological polar surface area (TPSA) is 62.6 Å². The van der Waals surface area contributed by atoms with Crippen LogP contribution in [0.3, 0.4) is 0 Å². The van der Waals surface area contributed by atoms with Crippen LogP contribution in [0.1, 0.15) is 11.1 Å². The molecule has 4 rings (SSSR count). The number of aliphatic hydroxyl groups is 2. The minimum Gasteiger partial charge on any atom is -0.489 e. The van der Waals surface area contributed by atoms with Crippen LogP contribution in [0.4, 0.5) is 0 Å². The third kappa shape index (κ3) is 3.46. The summed E-state index contributed by atoms with van der Waals surface area (Å²) in [6.45, 7) is 0.395. The highest BCUT2D eigenvalue weighted by molar-refractivity contribution is 8.04. The van der Waals surface area contributed by atoms with Crippen LogP contribution in [-0.2, 0) is 11.5 Å². The fourth-order valence-electron chi connectivity index (χ4n) is 2.74. The minimum atomic E-state index is -1.42. The standard InChI is InChI=1S/C20H17NO3S2/c22-19-20(23,26-16-6-2-1-3-7-16)17-11-15(8-9-18(17)25-19)24-13-14-5-4-10-21-12-14/h1-12,19,22-23H,13H2. The van der Waals surface area contributed by atoms with Crippen molar-refractivity contribution in [1.82, 2.24) is 4.98 Å². The van der Waals surface area contributed by atoms with Crippen LogP contribution in [0.2, 0.25) is 0 Å². The number of aliphatic hydroxyl groups excluding tert-OH is 1. The van der Waals surface area contributed by atoms with Crippen LogP contribution in [0, 0.1) is 0 Å². The van der Waals surface area contributed by atoms with E-state index in [9.17, 15) is 10.2 Å². The summed E-state index contributed by atoms with van der Waals surface area (Å²) in [5.74, 6) is 0.648. The van der Waals surface area contributed by atoms with E-state index in [0.29, 0.717) is 17.9 Å². The highest BCUT2D eigenvalue weighted by atomic mass is 32.2. The number of hydrogen-bond donors (Lipinski definition) is 2. The van der Waals surface area contributed by atoms with E-state index in [-0.39, 0.29) is 0 Å². The van der Waals surface area contributed by atoms with Crippen LogP contribution < -0.4 is 4.74 Å². The van der Waals surface area contributed by atoms with Crippen molar-refractivity contribution in [3.05, 3.63) is 84.2 Å². The smallest absolute Gasteiger partial charge is 0.177 e. The van der Waals surface area contributed by atoms with Crippen LogP contribution in [-0.4, -0.2) is 20.6 Å². The molecule has 0 radical (unpaired) electrons. The second-order valence-electron chi connectivity index (χ2n) is 5.89. The molecule has 132 valence electrons. The first kappa shape index (κ1) is 17.4. The molecule has 2 heterocycles. The molecule has 1 aromatic heterocycles. The molecule has 1 aliphatic heterocycles. The van der Waals surface area contributed by atoms with Gasteiger partial charge in [-0.05, 0) is 36.4 Å². The molecule has 4 nitrogen and oxygen atoms in total. The van der Waals surface area contributed by atoms with Crippen LogP contribution >= 0.6 is 23.5 Å². The number of ether oxygens (including phenoxy) is 1. The number of benzene rings is 2. The maximum Gasteiger partial charge on any atom is 0.177 e. The van der Waals surface area contributed by atoms with Gasteiger partial charge in [0.05, 0.1) is 0 Å². The van der Waals surface area contributed by atoms with E-state index in [1.165, 1.54) is 23.5 Å². The fourth-order valence-corrected chi connectivity index (χ4v) is 5.14. The Morgan fingerprint density at radius 3 is 2.73 bits per heavy atom. The lowest BCUT2D eigenvalue weighted by Gasteiger charge is -2.26. The third-order valence-corrected chi connectivity index (χ3v) is 6.64. The number of nitrogens with zero attached hydrogens (tertiary/aromatic N) is 1. The summed E-state index contributed by atoms with van der Waals surface area (Å²) in [5.41, 5.74) is 0.695. The normalized spacial score (nSPS) is 21.4. The first-order valence-corrected chi connectivity index (χ1v) is 9.82. The van der Waals surface area contributed by atoms with Crippen molar-refractivity contribution in [2.24, 2.45) is 0 Å². The summed E-state index contributed by atoms with van der Waals surface area (Å²) in [6.07, 6.45) is 3.48. The zero-order valence-electron chi connectivity index (χ0n) is 13.8. The molecule has 0 saturated heterocycles. The van der Waals surface area contributed by atoms with Crippen molar-refractivity contribution >= 4 is 23.5 Å². The second-order valence-corrected chi connectivity index (χ2v) is 8.31. The van der Waals surface area contributed by atoms with E-state index in [4.69, 9.17) is 4.74 Å². The van der Waals surface area contributed by atoms with Gasteiger partial charge in [0, 0.05) is 33.3 Å². The van der Waals surface area contributed by atoms with Crippen molar-refractivity contribution in [3.8, 4) is 5.75 Å². The molecular formula is C20H17NO3S2. The van der Waals surface area contributed by atoms with Crippen molar-refractivity contribution in [2.75, 3.05) is 0 Å². The molecule has 6 heteroatoms. The first-order chi connectivity index (χ1) is 12.6. The van der Waals surface area contributed by atoms with Crippen molar-refractivity contribution in [1.29, 1.82) is 0 Å². The number of hydrogen-bond acceptors (Lipinski definition) is 6. The Kier molecular flexibility index (Phi) is 4.91. The zero-order valence-corrected chi connectivity index (χ0v) is 15.4. The maximum atomic E-state index is 11.2. The van der Waals surface area contributed by atoms with Gasteiger partial charge in [0.1, 0.15) is 17.8 Å². The van der Waals surface area contributed by atoms with Gasteiger partial charge in [0.2, 0.25) is 0 Å². The van der Waals surface area contributed by atoms with E-state index in [2.05, 4.69) is 4.98 Å². The summed E-state index contributed by atoms with van der Waals surface area (Å²) in [6, 6.07) is 18.9. The Morgan fingerprint density at radius 2 is 1.96 bits per heavy atom. The maximum absolute atomic E-state index is 11.2. The van der Waals surface area contributed by atoms with Crippen LogP contribution in [0.5, 0.6) is 5.75 Å². The lowest BCUT2D eigenvalue weighted by molar-refractivity contribution is 0.0453. The Labute approximate surface area is 160 Å². The van der Waals surface area contributed by atoms with Gasteiger partial charge < -0.3 is 14.9 Å².